The molecular weight excluding hydrogens is 298 g/mol. The summed E-state index contributed by atoms with van der Waals surface area (Å²) in [7, 11) is 4.16. The van der Waals surface area contributed by atoms with Crippen molar-refractivity contribution in [3.05, 3.63) is 22.4 Å². The second-order valence-electron chi connectivity index (χ2n) is 6.69. The van der Waals surface area contributed by atoms with Crippen molar-refractivity contribution in [2.45, 2.75) is 45.4 Å². The van der Waals surface area contributed by atoms with Gasteiger partial charge in [0.05, 0.1) is 6.04 Å². The van der Waals surface area contributed by atoms with Gasteiger partial charge in [0, 0.05) is 24.0 Å². The Hall–Kier alpha value is -1.11. The molecule has 0 aliphatic heterocycles. The highest BCUT2D eigenvalue weighted by atomic mass is 32.1. The molecule has 2 N–H and O–H groups in total. The number of rotatable bonds is 7. The molecule has 126 valence electrons. The topological polar surface area (TPSA) is 53.6 Å². The van der Waals surface area contributed by atoms with Crippen molar-refractivity contribution in [1.29, 1.82) is 0 Å². The van der Waals surface area contributed by atoms with Crippen LogP contribution >= 0.6 is 11.3 Å². The Morgan fingerprint density at radius 1 is 1.36 bits per heavy atom. The van der Waals surface area contributed by atoms with Gasteiger partial charge in [0.25, 0.3) is 0 Å². The Balaban J connectivity index is 2.35. The van der Waals surface area contributed by atoms with Gasteiger partial charge in [-0.1, -0.05) is 6.07 Å². The molecular formula is C16H29N3O2S. The summed E-state index contributed by atoms with van der Waals surface area (Å²) in [5.74, 6) is 0. The lowest BCUT2D eigenvalue weighted by molar-refractivity contribution is 0.0523. The van der Waals surface area contributed by atoms with Crippen molar-refractivity contribution >= 4 is 17.4 Å². The van der Waals surface area contributed by atoms with Crippen LogP contribution in [-0.4, -0.2) is 49.8 Å². The number of carbonyl (C=O) groups is 1. The number of thiophene rings is 1. The van der Waals surface area contributed by atoms with Crippen LogP contribution in [0.2, 0.25) is 0 Å². The third-order valence-electron chi connectivity index (χ3n) is 3.11. The fourth-order valence-corrected chi connectivity index (χ4v) is 2.88. The number of hydrogen-bond acceptors (Lipinski definition) is 5. The minimum atomic E-state index is -0.462. The number of ether oxygens (including phenoxy) is 1. The number of hydrogen-bond donors (Lipinski definition) is 2. The summed E-state index contributed by atoms with van der Waals surface area (Å²) < 4.78 is 5.23. The van der Waals surface area contributed by atoms with Crippen molar-refractivity contribution in [2.24, 2.45) is 0 Å². The number of likely N-dealkylation sites (N-methyl/N-ethyl adjacent to an activating group) is 1. The Morgan fingerprint density at radius 2 is 2.05 bits per heavy atom. The minimum absolute atomic E-state index is 0.176. The van der Waals surface area contributed by atoms with Crippen LogP contribution < -0.4 is 10.6 Å². The van der Waals surface area contributed by atoms with Crippen LogP contribution in [0.1, 0.15) is 38.6 Å². The second kappa shape index (κ2) is 8.50. The summed E-state index contributed by atoms with van der Waals surface area (Å²) in [5, 5.41) is 8.35. The minimum Gasteiger partial charge on any atom is -0.444 e. The molecule has 1 aromatic heterocycles. The number of amides is 1. The zero-order chi connectivity index (χ0) is 16.8. The summed E-state index contributed by atoms with van der Waals surface area (Å²) in [5.41, 5.74) is -0.462. The molecule has 2 unspecified atom stereocenters. The van der Waals surface area contributed by atoms with E-state index in [1.54, 1.807) is 11.3 Å². The van der Waals surface area contributed by atoms with Gasteiger partial charge in [0.2, 0.25) is 0 Å². The predicted molar refractivity (Wildman–Crippen MR) is 92.4 cm³/mol. The number of nitrogens with zero attached hydrogens (tertiary/aromatic N) is 1. The summed E-state index contributed by atoms with van der Waals surface area (Å²) in [6, 6.07) is 4.74. The maximum absolute atomic E-state index is 11.6. The Kier molecular flexibility index (Phi) is 7.32. The fourth-order valence-electron chi connectivity index (χ4n) is 1.95. The van der Waals surface area contributed by atoms with E-state index >= 15 is 0 Å². The molecule has 0 aliphatic rings. The van der Waals surface area contributed by atoms with E-state index in [2.05, 4.69) is 54.1 Å². The maximum atomic E-state index is 11.6. The van der Waals surface area contributed by atoms with Crippen molar-refractivity contribution in [3.8, 4) is 0 Å². The van der Waals surface area contributed by atoms with E-state index in [-0.39, 0.29) is 12.1 Å². The van der Waals surface area contributed by atoms with Crippen LogP contribution in [0.4, 0.5) is 4.79 Å². The monoisotopic (exact) mass is 327 g/mol. The van der Waals surface area contributed by atoms with Gasteiger partial charge in [-0.2, -0.15) is 0 Å². The lowest BCUT2D eigenvalue weighted by atomic mass is 10.2. The molecule has 5 nitrogen and oxygen atoms in total. The first-order chi connectivity index (χ1) is 10.2. The average molecular weight is 327 g/mol. The molecule has 6 heteroatoms. The van der Waals surface area contributed by atoms with Crippen molar-refractivity contribution in [1.82, 2.24) is 15.5 Å². The average Bonchev–Trinajstić information content (AvgIpc) is 2.88. The molecule has 0 saturated heterocycles. The van der Waals surface area contributed by atoms with Crippen LogP contribution in [0.25, 0.3) is 0 Å². The Labute approximate surface area is 138 Å². The van der Waals surface area contributed by atoms with Crippen LogP contribution in [0.3, 0.4) is 0 Å². The first-order valence-electron chi connectivity index (χ1n) is 7.59. The quantitative estimate of drug-likeness (QED) is 0.808. The summed E-state index contributed by atoms with van der Waals surface area (Å²) in [4.78, 5) is 15.2. The maximum Gasteiger partial charge on any atom is 0.407 e. The molecule has 1 aromatic rings. The molecule has 0 saturated carbocycles. The van der Waals surface area contributed by atoms with Gasteiger partial charge < -0.3 is 20.3 Å². The van der Waals surface area contributed by atoms with Gasteiger partial charge in [-0.15, -0.1) is 11.3 Å². The van der Waals surface area contributed by atoms with E-state index in [1.807, 2.05) is 20.8 Å². The highest BCUT2D eigenvalue weighted by molar-refractivity contribution is 7.10. The molecule has 2 atom stereocenters. The van der Waals surface area contributed by atoms with Crippen LogP contribution in [0.5, 0.6) is 0 Å². The zero-order valence-electron chi connectivity index (χ0n) is 14.5. The third kappa shape index (κ3) is 7.24. The molecule has 0 radical (unpaired) electrons. The lowest BCUT2D eigenvalue weighted by Gasteiger charge is -2.26. The van der Waals surface area contributed by atoms with Crippen molar-refractivity contribution < 1.29 is 9.53 Å². The normalized spacial score (nSPS) is 14.7. The van der Waals surface area contributed by atoms with Crippen molar-refractivity contribution in [2.75, 3.05) is 27.2 Å². The lowest BCUT2D eigenvalue weighted by Crippen LogP contribution is -2.43. The van der Waals surface area contributed by atoms with Gasteiger partial charge in [-0.3, -0.25) is 0 Å². The SMILES string of the molecule is CC(CNC(=O)OC(C)(C)C)NCC(c1cccs1)N(C)C. The smallest absolute Gasteiger partial charge is 0.407 e. The van der Waals surface area contributed by atoms with E-state index in [0.717, 1.165) is 6.54 Å². The van der Waals surface area contributed by atoms with Gasteiger partial charge >= 0.3 is 6.09 Å². The van der Waals surface area contributed by atoms with E-state index in [4.69, 9.17) is 4.74 Å². The second-order valence-corrected chi connectivity index (χ2v) is 7.67. The third-order valence-corrected chi connectivity index (χ3v) is 4.08. The molecule has 0 aliphatic carbocycles. The van der Waals surface area contributed by atoms with E-state index in [1.165, 1.54) is 4.88 Å². The molecule has 0 bridgehead atoms. The largest absolute Gasteiger partial charge is 0.444 e. The summed E-state index contributed by atoms with van der Waals surface area (Å²) in [6.45, 7) is 9.01. The van der Waals surface area contributed by atoms with Crippen LogP contribution in [-0.2, 0) is 4.74 Å². The van der Waals surface area contributed by atoms with Gasteiger partial charge in [0.1, 0.15) is 5.60 Å². The number of nitrogens with one attached hydrogen (secondary N) is 2. The van der Waals surface area contributed by atoms with Gasteiger partial charge in [0.15, 0.2) is 0 Å². The first kappa shape index (κ1) is 18.9. The molecule has 1 amide bonds. The zero-order valence-corrected chi connectivity index (χ0v) is 15.3. The Morgan fingerprint density at radius 3 is 2.55 bits per heavy atom. The number of alkyl carbamates (subject to hydrolysis) is 1. The molecule has 0 spiro atoms. The molecule has 22 heavy (non-hydrogen) atoms. The van der Waals surface area contributed by atoms with E-state index in [0.29, 0.717) is 12.6 Å². The number of carbonyl (C=O) groups excluding carboxylic acids is 1. The highest BCUT2D eigenvalue weighted by Gasteiger charge is 2.18. The summed E-state index contributed by atoms with van der Waals surface area (Å²) in [6.07, 6.45) is -0.372. The van der Waals surface area contributed by atoms with Crippen LogP contribution in [0, 0.1) is 0 Å². The predicted octanol–water partition coefficient (Wildman–Crippen LogP) is 2.85. The summed E-state index contributed by atoms with van der Waals surface area (Å²) >= 11 is 1.76. The molecule has 0 aromatic carbocycles. The molecule has 1 heterocycles. The van der Waals surface area contributed by atoms with Crippen molar-refractivity contribution in [3.63, 3.8) is 0 Å². The highest BCUT2D eigenvalue weighted by Crippen LogP contribution is 2.22. The first-order valence-corrected chi connectivity index (χ1v) is 8.47. The van der Waals surface area contributed by atoms with E-state index in [9.17, 15) is 4.79 Å². The molecule has 1 rings (SSSR count). The van der Waals surface area contributed by atoms with E-state index < -0.39 is 5.60 Å². The fraction of sp³-hybridized carbons (Fsp3) is 0.688. The van der Waals surface area contributed by atoms with Gasteiger partial charge in [-0.05, 0) is 53.2 Å². The Bertz CT molecular complexity index is 441. The van der Waals surface area contributed by atoms with Gasteiger partial charge in [-0.25, -0.2) is 4.79 Å². The standard InChI is InChI=1S/C16H29N3O2S/c1-12(10-18-15(20)21-16(2,3)4)17-11-13(19(5)6)14-8-7-9-22-14/h7-9,12-13,17H,10-11H2,1-6H3,(H,18,20). The van der Waals surface area contributed by atoms with Crippen LogP contribution in [0.15, 0.2) is 17.5 Å². The molecule has 0 fully saturated rings.